The Balaban J connectivity index is 2.07. The molecule has 17 heavy (non-hydrogen) atoms. The van der Waals surface area contributed by atoms with Crippen LogP contribution in [0.1, 0.15) is 5.56 Å². The summed E-state index contributed by atoms with van der Waals surface area (Å²) in [4.78, 5) is 0.959. The number of thioether (sulfide) groups is 1. The van der Waals surface area contributed by atoms with Crippen LogP contribution in [0.25, 0.3) is 0 Å². The maximum absolute atomic E-state index is 13.4. The second kappa shape index (κ2) is 5.52. The lowest BCUT2D eigenvalue weighted by molar-refractivity contribution is 0.576. The van der Waals surface area contributed by atoms with E-state index in [-0.39, 0.29) is 0 Å². The van der Waals surface area contributed by atoms with Crippen LogP contribution < -0.4 is 0 Å². The van der Waals surface area contributed by atoms with Gasteiger partial charge in [-0.3, -0.25) is 0 Å². The molecule has 4 heteroatoms. The molecule has 0 heterocycles. The normalized spacial score (nSPS) is 10.5. The molecule has 0 amide bonds. The van der Waals surface area contributed by atoms with E-state index >= 15 is 0 Å². The lowest BCUT2D eigenvalue weighted by atomic mass is 10.2. The van der Waals surface area contributed by atoms with Gasteiger partial charge in [-0.2, -0.15) is 0 Å². The molecule has 0 saturated heterocycles. The van der Waals surface area contributed by atoms with Gasteiger partial charge in [0.2, 0.25) is 0 Å². The van der Waals surface area contributed by atoms with Gasteiger partial charge in [-0.05, 0) is 29.8 Å². The molecule has 0 bridgehead atoms. The van der Waals surface area contributed by atoms with Gasteiger partial charge in [-0.15, -0.1) is 11.8 Å². The zero-order valence-electron chi connectivity index (χ0n) is 8.79. The molecule has 2 aromatic rings. The first-order valence-electron chi connectivity index (χ1n) is 4.97. The molecule has 0 radical (unpaired) electrons. The van der Waals surface area contributed by atoms with Crippen molar-refractivity contribution in [3.63, 3.8) is 0 Å². The number of halogens is 3. The van der Waals surface area contributed by atoms with Gasteiger partial charge in [0.15, 0.2) is 0 Å². The van der Waals surface area contributed by atoms with Crippen LogP contribution in [0.2, 0.25) is 5.02 Å². The summed E-state index contributed by atoms with van der Waals surface area (Å²) in [6, 6.07) is 11.0. The number of rotatable bonds is 3. The lowest BCUT2D eigenvalue weighted by Crippen LogP contribution is -1.88. The Morgan fingerprint density at radius 3 is 2.59 bits per heavy atom. The van der Waals surface area contributed by atoms with Crippen LogP contribution >= 0.6 is 23.4 Å². The molecule has 0 aliphatic rings. The smallest absolute Gasteiger partial charge is 0.130 e. The quantitative estimate of drug-likeness (QED) is 0.714. The van der Waals surface area contributed by atoms with E-state index in [1.54, 1.807) is 6.07 Å². The minimum Gasteiger partial charge on any atom is -0.207 e. The average molecular weight is 271 g/mol. The predicted octanol–water partition coefficient (Wildman–Crippen LogP) is 4.91. The van der Waals surface area contributed by atoms with Gasteiger partial charge in [0.25, 0.3) is 0 Å². The summed E-state index contributed by atoms with van der Waals surface area (Å²) in [5.41, 5.74) is 0.483. The summed E-state index contributed by atoms with van der Waals surface area (Å²) in [6.07, 6.45) is 0. The summed E-state index contributed by atoms with van der Waals surface area (Å²) in [5, 5.41) is 0.648. The highest BCUT2D eigenvalue weighted by atomic mass is 35.5. The van der Waals surface area contributed by atoms with Crippen molar-refractivity contribution >= 4 is 23.4 Å². The third-order valence-electron chi connectivity index (χ3n) is 2.21. The second-order valence-corrected chi connectivity index (χ2v) is 4.97. The van der Waals surface area contributed by atoms with Gasteiger partial charge in [-0.1, -0.05) is 23.7 Å². The molecule has 2 rings (SSSR count). The summed E-state index contributed by atoms with van der Waals surface area (Å²) < 4.78 is 26.1. The maximum Gasteiger partial charge on any atom is 0.130 e. The third kappa shape index (κ3) is 3.45. The van der Waals surface area contributed by atoms with Gasteiger partial charge in [0, 0.05) is 21.7 Å². The van der Waals surface area contributed by atoms with Crippen LogP contribution in [0.4, 0.5) is 8.78 Å². The van der Waals surface area contributed by atoms with Gasteiger partial charge < -0.3 is 0 Å². The van der Waals surface area contributed by atoms with Crippen molar-refractivity contribution < 1.29 is 8.78 Å². The molecule has 0 nitrogen and oxygen atoms in total. The van der Waals surface area contributed by atoms with E-state index in [4.69, 9.17) is 11.6 Å². The van der Waals surface area contributed by atoms with Gasteiger partial charge >= 0.3 is 0 Å². The zero-order chi connectivity index (χ0) is 12.3. The van der Waals surface area contributed by atoms with Gasteiger partial charge in [-0.25, -0.2) is 8.78 Å². The topological polar surface area (TPSA) is 0 Å². The van der Waals surface area contributed by atoms with E-state index in [1.807, 2.05) is 18.2 Å². The summed E-state index contributed by atoms with van der Waals surface area (Å²) in [5.74, 6) is -0.620. The van der Waals surface area contributed by atoms with Crippen molar-refractivity contribution in [2.24, 2.45) is 0 Å². The Morgan fingerprint density at radius 1 is 1.06 bits per heavy atom. The van der Waals surface area contributed by atoms with Gasteiger partial charge in [0.1, 0.15) is 11.6 Å². The fraction of sp³-hybridized carbons (Fsp3) is 0.0769. The highest BCUT2D eigenvalue weighted by Gasteiger charge is 2.04. The van der Waals surface area contributed by atoms with Crippen molar-refractivity contribution in [2.75, 3.05) is 0 Å². The van der Waals surface area contributed by atoms with Crippen LogP contribution in [0, 0.1) is 11.6 Å². The van der Waals surface area contributed by atoms with Gasteiger partial charge in [0.05, 0.1) is 0 Å². The summed E-state index contributed by atoms with van der Waals surface area (Å²) >= 11 is 7.30. The number of hydrogen-bond acceptors (Lipinski definition) is 1. The molecule has 0 saturated carbocycles. The molecule has 0 N–H and O–H groups in total. The highest BCUT2D eigenvalue weighted by molar-refractivity contribution is 7.98. The van der Waals surface area contributed by atoms with Crippen LogP contribution in [-0.4, -0.2) is 0 Å². The Bertz CT molecular complexity index is 529. The molecule has 2 aromatic carbocycles. The zero-order valence-corrected chi connectivity index (χ0v) is 10.4. The molecule has 0 fully saturated rings. The van der Waals surface area contributed by atoms with Crippen molar-refractivity contribution in [3.8, 4) is 0 Å². The van der Waals surface area contributed by atoms with E-state index in [0.29, 0.717) is 16.3 Å². The molecule has 0 aromatic heterocycles. The third-order valence-corrected chi connectivity index (χ3v) is 3.48. The Kier molecular flexibility index (Phi) is 4.02. The van der Waals surface area contributed by atoms with E-state index in [1.165, 1.54) is 23.9 Å². The van der Waals surface area contributed by atoms with E-state index in [9.17, 15) is 8.78 Å². The monoisotopic (exact) mass is 270 g/mol. The molecule has 0 aliphatic carbocycles. The molecule has 0 unspecified atom stereocenters. The molecular formula is C13H9ClF2S. The van der Waals surface area contributed by atoms with Crippen molar-refractivity contribution in [1.29, 1.82) is 0 Å². The Morgan fingerprint density at radius 2 is 1.88 bits per heavy atom. The highest BCUT2D eigenvalue weighted by Crippen LogP contribution is 2.26. The molecule has 0 atom stereocenters. The number of hydrogen-bond donors (Lipinski definition) is 0. The van der Waals surface area contributed by atoms with E-state index < -0.39 is 11.6 Å². The standard InChI is InChI=1S/C13H9ClF2S/c14-10-2-1-3-12(6-10)17-8-9-4-5-11(15)7-13(9)16/h1-7H,8H2. The Labute approximate surface area is 108 Å². The average Bonchev–Trinajstić information content (AvgIpc) is 2.28. The van der Waals surface area contributed by atoms with Crippen molar-refractivity contribution in [3.05, 3.63) is 64.7 Å². The molecule has 0 aliphatic heterocycles. The first-order chi connectivity index (χ1) is 8.15. The van der Waals surface area contributed by atoms with Crippen LogP contribution in [0.3, 0.4) is 0 Å². The predicted molar refractivity (Wildman–Crippen MR) is 67.4 cm³/mol. The SMILES string of the molecule is Fc1ccc(CSc2cccc(Cl)c2)c(F)c1. The first-order valence-corrected chi connectivity index (χ1v) is 6.34. The first kappa shape index (κ1) is 12.4. The minimum atomic E-state index is -0.556. The van der Waals surface area contributed by atoms with Crippen LogP contribution in [0.5, 0.6) is 0 Å². The Hall–Kier alpha value is -1.06. The maximum atomic E-state index is 13.4. The fourth-order valence-corrected chi connectivity index (χ4v) is 2.55. The summed E-state index contributed by atoms with van der Waals surface area (Å²) in [7, 11) is 0. The lowest BCUT2D eigenvalue weighted by Gasteiger charge is -2.04. The minimum absolute atomic E-state index is 0.451. The molecule has 0 spiro atoms. The van der Waals surface area contributed by atoms with Crippen molar-refractivity contribution in [1.82, 2.24) is 0 Å². The van der Waals surface area contributed by atoms with Crippen LogP contribution in [0.15, 0.2) is 47.4 Å². The largest absolute Gasteiger partial charge is 0.207 e. The second-order valence-electron chi connectivity index (χ2n) is 3.48. The fourth-order valence-electron chi connectivity index (χ4n) is 1.36. The van der Waals surface area contributed by atoms with Crippen LogP contribution in [-0.2, 0) is 5.75 Å². The molecular weight excluding hydrogens is 262 g/mol. The van der Waals surface area contributed by atoms with E-state index in [2.05, 4.69) is 0 Å². The summed E-state index contributed by atoms with van der Waals surface area (Å²) in [6.45, 7) is 0. The van der Waals surface area contributed by atoms with E-state index in [0.717, 1.165) is 11.0 Å². The van der Waals surface area contributed by atoms with Crippen molar-refractivity contribution in [2.45, 2.75) is 10.6 Å². The number of benzene rings is 2. The molecule has 88 valence electrons.